The summed E-state index contributed by atoms with van der Waals surface area (Å²) in [5, 5.41) is 0.767. The van der Waals surface area contributed by atoms with Crippen LogP contribution in [0.15, 0.2) is 47.6 Å². The van der Waals surface area contributed by atoms with Crippen LogP contribution in [0, 0.1) is 20.8 Å². The number of imidazole rings is 1. The number of hydrogen-bond donors (Lipinski definition) is 1. The minimum Gasteiger partial charge on any atom is -0.454 e. The van der Waals surface area contributed by atoms with Crippen molar-refractivity contribution in [2.45, 2.75) is 32.5 Å². The van der Waals surface area contributed by atoms with Crippen molar-refractivity contribution in [3.63, 3.8) is 0 Å². The van der Waals surface area contributed by atoms with Gasteiger partial charge in [-0.1, -0.05) is 23.9 Å². The summed E-state index contributed by atoms with van der Waals surface area (Å²) in [7, 11) is 0. The Labute approximate surface area is 184 Å². The van der Waals surface area contributed by atoms with Gasteiger partial charge in [-0.3, -0.25) is 4.79 Å². The lowest BCUT2D eigenvalue weighted by Crippen LogP contribution is -2.07. The summed E-state index contributed by atoms with van der Waals surface area (Å²) in [5.74, 6) is 1.99. The molecular formula is C24H23N3O3S. The van der Waals surface area contributed by atoms with E-state index in [1.54, 1.807) is 0 Å². The van der Waals surface area contributed by atoms with Crippen molar-refractivity contribution in [2.75, 3.05) is 12.5 Å². The third-order valence-corrected chi connectivity index (χ3v) is 6.48. The lowest BCUT2D eigenvalue weighted by atomic mass is 10.1. The Morgan fingerprint density at radius 2 is 1.94 bits per heavy atom. The predicted octanol–water partition coefficient (Wildman–Crippen LogP) is 5.04. The molecule has 0 unspecified atom stereocenters. The Hall–Kier alpha value is -3.19. The van der Waals surface area contributed by atoms with Crippen LogP contribution in [0.2, 0.25) is 0 Å². The molecule has 3 heterocycles. The maximum absolute atomic E-state index is 13.0. The van der Waals surface area contributed by atoms with Gasteiger partial charge in [-0.05, 0) is 62.2 Å². The Balaban J connectivity index is 1.31. The minimum atomic E-state index is 0.103. The molecule has 31 heavy (non-hydrogen) atoms. The lowest BCUT2D eigenvalue weighted by molar-refractivity contribution is 0.102. The summed E-state index contributed by atoms with van der Waals surface area (Å²) in [5.41, 5.74) is 7.00. The fourth-order valence-electron chi connectivity index (χ4n) is 3.93. The summed E-state index contributed by atoms with van der Waals surface area (Å²) >= 11 is 1.44. The molecule has 7 heteroatoms. The van der Waals surface area contributed by atoms with E-state index in [9.17, 15) is 4.79 Å². The zero-order chi connectivity index (χ0) is 21.5. The van der Waals surface area contributed by atoms with Gasteiger partial charge in [-0.2, -0.15) is 0 Å². The van der Waals surface area contributed by atoms with Crippen LogP contribution in [-0.4, -0.2) is 32.9 Å². The molecule has 0 radical (unpaired) electrons. The first-order chi connectivity index (χ1) is 15.0. The molecule has 6 nitrogen and oxygen atoms in total. The first-order valence-corrected chi connectivity index (χ1v) is 11.1. The number of benzene rings is 2. The molecule has 0 atom stereocenters. The molecule has 5 rings (SSSR count). The van der Waals surface area contributed by atoms with Gasteiger partial charge in [-0.15, -0.1) is 0 Å². The number of rotatable bonds is 6. The van der Waals surface area contributed by atoms with Crippen LogP contribution in [0.5, 0.6) is 11.5 Å². The fraction of sp³-hybridized carbons (Fsp3) is 0.250. The highest BCUT2D eigenvalue weighted by Gasteiger charge is 2.18. The number of ether oxygens (including phenoxy) is 2. The van der Waals surface area contributed by atoms with E-state index in [0.717, 1.165) is 50.2 Å². The fourth-order valence-corrected chi connectivity index (χ4v) is 4.70. The molecule has 0 saturated heterocycles. The molecule has 0 amide bonds. The van der Waals surface area contributed by atoms with E-state index in [-0.39, 0.29) is 12.6 Å². The first kappa shape index (κ1) is 19.8. The van der Waals surface area contributed by atoms with E-state index >= 15 is 0 Å². The monoisotopic (exact) mass is 433 g/mol. The predicted molar refractivity (Wildman–Crippen MR) is 121 cm³/mol. The quantitative estimate of drug-likeness (QED) is 0.341. The second-order valence-corrected chi connectivity index (χ2v) is 8.80. The summed E-state index contributed by atoms with van der Waals surface area (Å²) < 4.78 is 13.0. The Kier molecular flexibility index (Phi) is 4.98. The zero-order valence-electron chi connectivity index (χ0n) is 17.7. The first-order valence-electron chi connectivity index (χ1n) is 10.2. The van der Waals surface area contributed by atoms with Gasteiger partial charge in [0.15, 0.2) is 22.4 Å². The smallest absolute Gasteiger partial charge is 0.231 e. The highest BCUT2D eigenvalue weighted by Crippen LogP contribution is 2.33. The number of aryl methyl sites for hydroxylation is 2. The molecular weight excluding hydrogens is 410 g/mol. The van der Waals surface area contributed by atoms with Gasteiger partial charge in [0.1, 0.15) is 0 Å². The molecule has 0 spiro atoms. The van der Waals surface area contributed by atoms with E-state index in [1.165, 1.54) is 17.3 Å². The molecule has 1 aliphatic rings. The maximum Gasteiger partial charge on any atom is 0.231 e. The van der Waals surface area contributed by atoms with Crippen molar-refractivity contribution in [3.8, 4) is 11.5 Å². The van der Waals surface area contributed by atoms with Gasteiger partial charge in [-0.25, -0.2) is 4.98 Å². The molecule has 2 aromatic carbocycles. The van der Waals surface area contributed by atoms with Crippen LogP contribution in [0.4, 0.5) is 0 Å². The number of nitrogens with one attached hydrogen (secondary N) is 1. The number of hydrogen-bond acceptors (Lipinski definition) is 5. The molecule has 4 aromatic rings. The number of fused-ring (bicyclic) bond motifs is 2. The van der Waals surface area contributed by atoms with Crippen LogP contribution in [0.25, 0.3) is 11.0 Å². The van der Waals surface area contributed by atoms with Gasteiger partial charge >= 0.3 is 0 Å². The van der Waals surface area contributed by atoms with Crippen molar-refractivity contribution in [1.29, 1.82) is 0 Å². The topological polar surface area (TPSA) is 69.1 Å². The van der Waals surface area contributed by atoms with Gasteiger partial charge in [0.2, 0.25) is 6.79 Å². The minimum absolute atomic E-state index is 0.103. The number of aromatic amines is 1. The normalized spacial score (nSPS) is 12.6. The van der Waals surface area contributed by atoms with E-state index in [1.807, 2.05) is 50.2 Å². The molecule has 0 saturated carbocycles. The summed E-state index contributed by atoms with van der Waals surface area (Å²) in [4.78, 5) is 20.8. The largest absolute Gasteiger partial charge is 0.454 e. The number of H-pyrrole nitrogens is 1. The molecule has 158 valence electrons. The number of thioether (sulfide) groups is 1. The van der Waals surface area contributed by atoms with Crippen molar-refractivity contribution in [3.05, 3.63) is 70.5 Å². The standard InChI is InChI=1S/C24H23N3O3S/c1-14-4-6-19-20(8-14)26-24(25-19)31-12-21(28)18-9-15(2)27(16(18)3)11-17-5-7-22-23(10-17)30-13-29-22/h4-10H,11-13H2,1-3H3,(H,25,26). The maximum atomic E-state index is 13.0. The van der Waals surface area contributed by atoms with Gasteiger partial charge < -0.3 is 19.0 Å². The number of aromatic nitrogens is 3. The molecule has 0 bridgehead atoms. The van der Waals surface area contributed by atoms with Gasteiger partial charge in [0, 0.05) is 23.5 Å². The van der Waals surface area contributed by atoms with Crippen LogP contribution < -0.4 is 9.47 Å². The third kappa shape index (κ3) is 3.81. The third-order valence-electron chi connectivity index (χ3n) is 5.61. The average Bonchev–Trinajstić information content (AvgIpc) is 3.45. The van der Waals surface area contributed by atoms with Crippen molar-refractivity contribution in [2.24, 2.45) is 0 Å². The SMILES string of the molecule is Cc1ccc2nc(SCC(=O)c3cc(C)n(Cc4ccc5c(c4)OCO5)c3C)[nH]c2c1. The second-order valence-electron chi connectivity index (χ2n) is 7.83. The Morgan fingerprint density at radius 1 is 1.10 bits per heavy atom. The van der Waals surface area contributed by atoms with Crippen molar-refractivity contribution in [1.82, 2.24) is 14.5 Å². The number of ketones is 1. The number of carbonyl (C=O) groups is 1. The molecule has 1 aliphatic heterocycles. The number of nitrogens with zero attached hydrogens (tertiary/aromatic N) is 2. The Bertz CT molecular complexity index is 1310. The van der Waals surface area contributed by atoms with Gasteiger partial charge in [0.25, 0.3) is 0 Å². The van der Waals surface area contributed by atoms with Crippen LogP contribution in [0.3, 0.4) is 0 Å². The summed E-state index contributed by atoms with van der Waals surface area (Å²) in [6, 6.07) is 14.1. The molecule has 0 fully saturated rings. The van der Waals surface area contributed by atoms with E-state index < -0.39 is 0 Å². The summed E-state index contributed by atoms with van der Waals surface area (Å²) in [6.07, 6.45) is 0. The lowest BCUT2D eigenvalue weighted by Gasteiger charge is -2.10. The molecule has 0 aliphatic carbocycles. The second kappa shape index (κ2) is 7.81. The van der Waals surface area contributed by atoms with E-state index in [4.69, 9.17) is 9.47 Å². The van der Waals surface area contributed by atoms with E-state index in [2.05, 4.69) is 27.5 Å². The Morgan fingerprint density at radius 3 is 2.81 bits per heavy atom. The van der Waals surface area contributed by atoms with Crippen molar-refractivity contribution < 1.29 is 14.3 Å². The van der Waals surface area contributed by atoms with Crippen LogP contribution in [-0.2, 0) is 6.54 Å². The highest BCUT2D eigenvalue weighted by molar-refractivity contribution is 7.99. The number of Topliss-reactive ketones (excluding diaryl/α,β-unsaturated/α-hetero) is 1. The highest BCUT2D eigenvalue weighted by atomic mass is 32.2. The van der Waals surface area contributed by atoms with Crippen molar-refractivity contribution >= 4 is 28.6 Å². The van der Waals surface area contributed by atoms with E-state index in [0.29, 0.717) is 12.3 Å². The number of carbonyl (C=O) groups excluding carboxylic acids is 1. The van der Waals surface area contributed by atoms with Gasteiger partial charge in [0.05, 0.1) is 16.8 Å². The van der Waals surface area contributed by atoms with Crippen LogP contribution >= 0.6 is 11.8 Å². The average molecular weight is 434 g/mol. The molecule has 2 aromatic heterocycles. The van der Waals surface area contributed by atoms with Crippen LogP contribution in [0.1, 0.15) is 32.9 Å². The molecule has 1 N–H and O–H groups in total. The summed E-state index contributed by atoms with van der Waals surface area (Å²) in [6.45, 7) is 7.03. The zero-order valence-corrected chi connectivity index (χ0v) is 18.5.